The van der Waals surface area contributed by atoms with E-state index in [-0.39, 0.29) is 0 Å². The van der Waals surface area contributed by atoms with Gasteiger partial charge in [-0.1, -0.05) is 12.2 Å². The van der Waals surface area contributed by atoms with Crippen molar-refractivity contribution in [3.05, 3.63) is 12.2 Å². The van der Waals surface area contributed by atoms with E-state index in [0.29, 0.717) is 12.8 Å². The molecule has 1 aliphatic rings. The van der Waals surface area contributed by atoms with E-state index in [1.54, 1.807) is 13.8 Å². The zero-order chi connectivity index (χ0) is 7.99. The molecule has 0 bridgehead atoms. The molecule has 58 valence electrons. The Bertz CT molecular complexity index is 150. The van der Waals surface area contributed by atoms with E-state index >= 15 is 0 Å². The Kier molecular flexibility index (Phi) is 1.42. The Hall–Kier alpha value is -0.340. The summed E-state index contributed by atoms with van der Waals surface area (Å²) in [6.07, 6.45) is 1.03. The van der Waals surface area contributed by atoms with Crippen molar-refractivity contribution in [1.29, 1.82) is 0 Å². The van der Waals surface area contributed by atoms with Crippen molar-refractivity contribution >= 4 is 0 Å². The lowest BCUT2D eigenvalue weighted by atomic mass is 9.90. The van der Waals surface area contributed by atoms with Gasteiger partial charge < -0.3 is 10.2 Å². The minimum absolute atomic E-state index is 0.514. The molecule has 0 aromatic rings. The molecule has 1 rings (SSSR count). The van der Waals surface area contributed by atoms with Crippen LogP contribution in [0.1, 0.15) is 26.7 Å². The first-order valence-corrected chi connectivity index (χ1v) is 3.46. The summed E-state index contributed by atoms with van der Waals surface area (Å²) in [6.45, 7) is 7.01. The molecule has 1 aliphatic carbocycles. The smallest absolute Gasteiger partial charge is 0.0942 e. The highest BCUT2D eigenvalue weighted by Crippen LogP contribution is 2.40. The Morgan fingerprint density at radius 1 is 1.20 bits per heavy atom. The van der Waals surface area contributed by atoms with E-state index in [4.69, 9.17) is 0 Å². The zero-order valence-electron chi connectivity index (χ0n) is 6.52. The molecule has 0 aromatic heterocycles. The Balaban J connectivity index is 2.88. The van der Waals surface area contributed by atoms with Crippen molar-refractivity contribution in [3.63, 3.8) is 0 Å². The topological polar surface area (TPSA) is 40.5 Å². The SMILES string of the molecule is C=C1C[C@](C)(O)[C@@](C)(O)C1. The fraction of sp³-hybridized carbons (Fsp3) is 0.750. The summed E-state index contributed by atoms with van der Waals surface area (Å²) < 4.78 is 0. The van der Waals surface area contributed by atoms with E-state index in [1.165, 1.54) is 0 Å². The lowest BCUT2D eigenvalue weighted by Gasteiger charge is -2.30. The summed E-state index contributed by atoms with van der Waals surface area (Å²) in [5.74, 6) is 0. The maximum absolute atomic E-state index is 9.58. The fourth-order valence-electron chi connectivity index (χ4n) is 1.42. The summed E-state index contributed by atoms with van der Waals surface area (Å²) in [4.78, 5) is 0. The quantitative estimate of drug-likeness (QED) is 0.492. The van der Waals surface area contributed by atoms with Gasteiger partial charge in [-0.05, 0) is 26.7 Å². The minimum Gasteiger partial charge on any atom is -0.387 e. The lowest BCUT2D eigenvalue weighted by Crippen LogP contribution is -2.44. The van der Waals surface area contributed by atoms with Crippen LogP contribution < -0.4 is 0 Å². The molecule has 10 heavy (non-hydrogen) atoms. The minimum atomic E-state index is -0.982. The van der Waals surface area contributed by atoms with Crippen molar-refractivity contribution in [2.75, 3.05) is 0 Å². The standard InChI is InChI=1S/C8H14O2/c1-6-4-7(2,9)8(3,10)5-6/h9-10H,1,4-5H2,2-3H3/t7-,8-/m0/s1. The van der Waals surface area contributed by atoms with Gasteiger partial charge in [-0.25, -0.2) is 0 Å². The highest BCUT2D eigenvalue weighted by molar-refractivity contribution is 5.18. The van der Waals surface area contributed by atoms with Crippen LogP contribution in [-0.2, 0) is 0 Å². The van der Waals surface area contributed by atoms with E-state index in [0.717, 1.165) is 5.57 Å². The van der Waals surface area contributed by atoms with Crippen LogP contribution in [0.4, 0.5) is 0 Å². The molecule has 2 N–H and O–H groups in total. The van der Waals surface area contributed by atoms with Gasteiger partial charge in [0, 0.05) is 0 Å². The predicted molar refractivity (Wildman–Crippen MR) is 39.6 cm³/mol. The largest absolute Gasteiger partial charge is 0.387 e. The molecule has 2 nitrogen and oxygen atoms in total. The van der Waals surface area contributed by atoms with Crippen LogP contribution in [0.25, 0.3) is 0 Å². The van der Waals surface area contributed by atoms with E-state index in [2.05, 4.69) is 6.58 Å². The second-order valence-electron chi connectivity index (χ2n) is 3.65. The number of rotatable bonds is 0. The van der Waals surface area contributed by atoms with Crippen molar-refractivity contribution in [2.24, 2.45) is 0 Å². The predicted octanol–water partition coefficient (Wildman–Crippen LogP) is 0.838. The summed E-state index contributed by atoms with van der Waals surface area (Å²) in [5, 5.41) is 19.2. The molecule has 0 aromatic carbocycles. The Morgan fingerprint density at radius 2 is 1.50 bits per heavy atom. The first kappa shape index (κ1) is 7.76. The second kappa shape index (κ2) is 1.83. The summed E-state index contributed by atoms with van der Waals surface area (Å²) in [5.41, 5.74) is -1.04. The third-order valence-electron chi connectivity index (χ3n) is 2.35. The van der Waals surface area contributed by atoms with Gasteiger partial charge in [-0.2, -0.15) is 0 Å². The van der Waals surface area contributed by atoms with Gasteiger partial charge in [0.1, 0.15) is 0 Å². The molecule has 2 atom stereocenters. The van der Waals surface area contributed by atoms with Gasteiger partial charge in [-0.3, -0.25) is 0 Å². The van der Waals surface area contributed by atoms with Gasteiger partial charge in [0.2, 0.25) is 0 Å². The molecular formula is C8H14O2. The van der Waals surface area contributed by atoms with Crippen LogP contribution in [0.5, 0.6) is 0 Å². The highest BCUT2D eigenvalue weighted by atomic mass is 16.4. The van der Waals surface area contributed by atoms with Crippen molar-refractivity contribution in [2.45, 2.75) is 37.9 Å². The number of hydrogen-bond acceptors (Lipinski definition) is 2. The second-order valence-corrected chi connectivity index (χ2v) is 3.65. The maximum Gasteiger partial charge on any atom is 0.0942 e. The number of aliphatic hydroxyl groups is 2. The van der Waals surface area contributed by atoms with Crippen LogP contribution in [0, 0.1) is 0 Å². The third-order valence-corrected chi connectivity index (χ3v) is 2.35. The zero-order valence-corrected chi connectivity index (χ0v) is 6.52. The molecule has 0 amide bonds. The third kappa shape index (κ3) is 0.976. The molecule has 0 saturated heterocycles. The summed E-state index contributed by atoms with van der Waals surface area (Å²) in [6, 6.07) is 0. The van der Waals surface area contributed by atoms with Gasteiger partial charge in [-0.15, -0.1) is 0 Å². The van der Waals surface area contributed by atoms with Crippen molar-refractivity contribution in [3.8, 4) is 0 Å². The molecule has 0 spiro atoms. The Labute approximate surface area is 61.2 Å². The summed E-state index contributed by atoms with van der Waals surface area (Å²) in [7, 11) is 0. The van der Waals surface area contributed by atoms with Gasteiger partial charge in [0.15, 0.2) is 0 Å². The van der Waals surface area contributed by atoms with Crippen LogP contribution in [0.2, 0.25) is 0 Å². The first-order chi connectivity index (χ1) is 4.35. The van der Waals surface area contributed by atoms with Gasteiger partial charge >= 0.3 is 0 Å². The van der Waals surface area contributed by atoms with Crippen LogP contribution in [0.15, 0.2) is 12.2 Å². The molecule has 0 heterocycles. The van der Waals surface area contributed by atoms with E-state index < -0.39 is 11.2 Å². The average molecular weight is 142 g/mol. The fourth-order valence-corrected chi connectivity index (χ4v) is 1.42. The molecule has 2 heteroatoms. The molecule has 0 radical (unpaired) electrons. The molecule has 1 saturated carbocycles. The van der Waals surface area contributed by atoms with Crippen LogP contribution in [0.3, 0.4) is 0 Å². The van der Waals surface area contributed by atoms with Gasteiger partial charge in [0.05, 0.1) is 11.2 Å². The van der Waals surface area contributed by atoms with Crippen LogP contribution >= 0.6 is 0 Å². The molecular weight excluding hydrogens is 128 g/mol. The number of hydrogen-bond donors (Lipinski definition) is 2. The first-order valence-electron chi connectivity index (χ1n) is 3.46. The maximum atomic E-state index is 9.58. The molecule has 0 unspecified atom stereocenters. The average Bonchev–Trinajstić information content (AvgIpc) is 1.73. The van der Waals surface area contributed by atoms with Gasteiger partial charge in [0.25, 0.3) is 0 Å². The molecule has 0 aliphatic heterocycles. The normalized spacial score (nSPS) is 48.2. The monoisotopic (exact) mass is 142 g/mol. The van der Waals surface area contributed by atoms with E-state index in [1.807, 2.05) is 0 Å². The lowest BCUT2D eigenvalue weighted by molar-refractivity contribution is -0.107. The Morgan fingerprint density at radius 3 is 1.60 bits per heavy atom. The highest BCUT2D eigenvalue weighted by Gasteiger charge is 2.47. The summed E-state index contributed by atoms with van der Waals surface area (Å²) >= 11 is 0. The van der Waals surface area contributed by atoms with Crippen LogP contribution in [-0.4, -0.2) is 21.4 Å². The molecule has 1 fully saturated rings. The van der Waals surface area contributed by atoms with Crippen molar-refractivity contribution in [1.82, 2.24) is 0 Å². The van der Waals surface area contributed by atoms with E-state index in [9.17, 15) is 10.2 Å². The van der Waals surface area contributed by atoms with Crippen molar-refractivity contribution < 1.29 is 10.2 Å².